The van der Waals surface area contributed by atoms with E-state index in [1.807, 2.05) is 63.2 Å². The highest BCUT2D eigenvalue weighted by molar-refractivity contribution is 5.63. The van der Waals surface area contributed by atoms with Gasteiger partial charge in [0.1, 0.15) is 5.60 Å². The van der Waals surface area contributed by atoms with Crippen LogP contribution in [-0.4, -0.2) is 11.7 Å². The molecule has 20 heavy (non-hydrogen) atoms. The van der Waals surface area contributed by atoms with Crippen LogP contribution in [0.3, 0.4) is 0 Å². The molecule has 1 unspecified atom stereocenters. The Labute approximate surface area is 121 Å². The molecular weight excluding hydrogens is 246 g/mol. The molecule has 0 amide bonds. The molecule has 2 rings (SSSR count). The maximum absolute atomic E-state index is 10.9. The molecule has 2 aromatic carbocycles. The lowest BCUT2D eigenvalue weighted by molar-refractivity contribution is -0.0557. The van der Waals surface area contributed by atoms with Crippen LogP contribution in [-0.2, 0) is 5.60 Å². The molecule has 0 spiro atoms. The third-order valence-electron chi connectivity index (χ3n) is 4.01. The SMILES string of the molecule is CC(C)(C)C(O)(CN)c1ccc(-c2ccccc2)cc1. The number of rotatable bonds is 3. The average Bonchev–Trinajstić information content (AvgIpc) is 2.46. The molecule has 3 N–H and O–H groups in total. The molecule has 0 heterocycles. The van der Waals surface area contributed by atoms with E-state index in [9.17, 15) is 5.11 Å². The second-order valence-corrected chi connectivity index (χ2v) is 6.26. The fraction of sp³-hybridized carbons (Fsp3) is 0.333. The second-order valence-electron chi connectivity index (χ2n) is 6.26. The summed E-state index contributed by atoms with van der Waals surface area (Å²) in [5.41, 5.74) is 7.68. The van der Waals surface area contributed by atoms with Gasteiger partial charge >= 0.3 is 0 Å². The quantitative estimate of drug-likeness (QED) is 0.895. The summed E-state index contributed by atoms with van der Waals surface area (Å²) in [7, 11) is 0. The van der Waals surface area contributed by atoms with Crippen molar-refractivity contribution in [3.63, 3.8) is 0 Å². The molecule has 1 atom stereocenters. The lowest BCUT2D eigenvalue weighted by Crippen LogP contribution is -2.46. The van der Waals surface area contributed by atoms with Crippen molar-refractivity contribution in [1.29, 1.82) is 0 Å². The van der Waals surface area contributed by atoms with Crippen LogP contribution in [0.4, 0.5) is 0 Å². The number of benzene rings is 2. The topological polar surface area (TPSA) is 46.2 Å². The highest BCUT2D eigenvalue weighted by Gasteiger charge is 2.40. The molecule has 0 bridgehead atoms. The summed E-state index contributed by atoms with van der Waals surface area (Å²) in [6.45, 7) is 6.22. The number of hydrogen-bond donors (Lipinski definition) is 2. The summed E-state index contributed by atoms with van der Waals surface area (Å²) in [4.78, 5) is 0. The Morgan fingerprint density at radius 2 is 1.35 bits per heavy atom. The number of aliphatic hydroxyl groups is 1. The van der Waals surface area contributed by atoms with Crippen molar-refractivity contribution in [1.82, 2.24) is 0 Å². The molecule has 2 aromatic rings. The fourth-order valence-corrected chi connectivity index (χ4v) is 2.43. The van der Waals surface area contributed by atoms with Crippen molar-refractivity contribution in [2.45, 2.75) is 26.4 Å². The van der Waals surface area contributed by atoms with Gasteiger partial charge in [-0.25, -0.2) is 0 Å². The first-order valence-electron chi connectivity index (χ1n) is 6.97. The summed E-state index contributed by atoms with van der Waals surface area (Å²) in [6.07, 6.45) is 0. The number of hydrogen-bond acceptors (Lipinski definition) is 2. The van der Waals surface area contributed by atoms with Crippen LogP contribution in [0, 0.1) is 5.41 Å². The van der Waals surface area contributed by atoms with Crippen molar-refractivity contribution in [3.8, 4) is 11.1 Å². The minimum atomic E-state index is -1.01. The first-order valence-corrected chi connectivity index (χ1v) is 6.97. The molecule has 0 saturated carbocycles. The Bertz CT molecular complexity index is 554. The zero-order valence-corrected chi connectivity index (χ0v) is 12.4. The van der Waals surface area contributed by atoms with Crippen molar-refractivity contribution in [2.75, 3.05) is 6.54 Å². The third kappa shape index (κ3) is 2.62. The van der Waals surface area contributed by atoms with Gasteiger partial charge in [0, 0.05) is 6.54 Å². The van der Waals surface area contributed by atoms with Gasteiger partial charge in [-0.2, -0.15) is 0 Å². The van der Waals surface area contributed by atoms with Crippen LogP contribution in [0.5, 0.6) is 0 Å². The van der Waals surface area contributed by atoms with Crippen LogP contribution < -0.4 is 5.73 Å². The van der Waals surface area contributed by atoms with Gasteiger partial charge in [0.05, 0.1) is 0 Å². The first kappa shape index (κ1) is 14.8. The van der Waals surface area contributed by atoms with E-state index >= 15 is 0 Å². The smallest absolute Gasteiger partial charge is 0.107 e. The first-order chi connectivity index (χ1) is 9.38. The maximum Gasteiger partial charge on any atom is 0.107 e. The monoisotopic (exact) mass is 269 g/mol. The van der Waals surface area contributed by atoms with Crippen LogP contribution in [0.1, 0.15) is 26.3 Å². The summed E-state index contributed by atoms with van der Waals surface area (Å²) < 4.78 is 0. The van der Waals surface area contributed by atoms with Gasteiger partial charge in [0.15, 0.2) is 0 Å². The van der Waals surface area contributed by atoms with E-state index < -0.39 is 5.60 Å². The zero-order chi connectivity index (χ0) is 14.8. The lowest BCUT2D eigenvalue weighted by atomic mass is 9.72. The van der Waals surface area contributed by atoms with E-state index in [1.165, 1.54) is 5.56 Å². The Hall–Kier alpha value is -1.64. The highest BCUT2D eigenvalue weighted by atomic mass is 16.3. The van der Waals surface area contributed by atoms with Crippen molar-refractivity contribution < 1.29 is 5.11 Å². The van der Waals surface area contributed by atoms with Crippen molar-refractivity contribution >= 4 is 0 Å². The van der Waals surface area contributed by atoms with Crippen LogP contribution in [0.2, 0.25) is 0 Å². The Morgan fingerprint density at radius 3 is 1.80 bits per heavy atom. The number of nitrogens with two attached hydrogens (primary N) is 1. The van der Waals surface area contributed by atoms with Crippen molar-refractivity contribution in [2.24, 2.45) is 11.1 Å². The third-order valence-corrected chi connectivity index (χ3v) is 4.01. The molecular formula is C18H23NO. The molecule has 0 aliphatic carbocycles. The van der Waals surface area contributed by atoms with E-state index in [-0.39, 0.29) is 12.0 Å². The highest BCUT2D eigenvalue weighted by Crippen LogP contribution is 2.38. The van der Waals surface area contributed by atoms with E-state index in [1.54, 1.807) is 0 Å². The van der Waals surface area contributed by atoms with Gasteiger partial charge in [-0.15, -0.1) is 0 Å². The van der Waals surface area contributed by atoms with Gasteiger partial charge in [-0.3, -0.25) is 0 Å². The van der Waals surface area contributed by atoms with Gasteiger partial charge in [-0.1, -0.05) is 75.4 Å². The summed E-state index contributed by atoms with van der Waals surface area (Å²) in [5.74, 6) is 0. The Morgan fingerprint density at radius 1 is 0.850 bits per heavy atom. The molecule has 2 heteroatoms. The van der Waals surface area contributed by atoms with E-state index in [0.717, 1.165) is 11.1 Å². The van der Waals surface area contributed by atoms with Gasteiger partial charge in [0.2, 0.25) is 0 Å². The lowest BCUT2D eigenvalue weighted by Gasteiger charge is -2.40. The van der Waals surface area contributed by atoms with Crippen LogP contribution in [0.15, 0.2) is 54.6 Å². The summed E-state index contributed by atoms with van der Waals surface area (Å²) >= 11 is 0. The Kier molecular flexibility index (Phi) is 3.98. The average molecular weight is 269 g/mol. The largest absolute Gasteiger partial charge is 0.383 e. The second kappa shape index (κ2) is 5.39. The summed E-state index contributed by atoms with van der Waals surface area (Å²) in [6, 6.07) is 18.2. The van der Waals surface area contributed by atoms with Crippen LogP contribution >= 0.6 is 0 Å². The minimum Gasteiger partial charge on any atom is -0.383 e. The van der Waals surface area contributed by atoms with E-state index in [2.05, 4.69) is 12.1 Å². The van der Waals surface area contributed by atoms with Crippen LogP contribution in [0.25, 0.3) is 11.1 Å². The molecule has 106 valence electrons. The zero-order valence-electron chi connectivity index (χ0n) is 12.4. The predicted octanol–water partition coefficient (Wildman–Crippen LogP) is 3.55. The van der Waals surface area contributed by atoms with E-state index in [4.69, 9.17) is 5.73 Å². The molecule has 0 aliphatic rings. The summed E-state index contributed by atoms with van der Waals surface area (Å²) in [5, 5.41) is 10.9. The van der Waals surface area contributed by atoms with E-state index in [0.29, 0.717) is 0 Å². The molecule has 0 aliphatic heterocycles. The van der Waals surface area contributed by atoms with Gasteiger partial charge in [0.25, 0.3) is 0 Å². The normalized spacial score (nSPS) is 14.8. The van der Waals surface area contributed by atoms with Crippen molar-refractivity contribution in [3.05, 3.63) is 60.2 Å². The molecule has 2 nitrogen and oxygen atoms in total. The molecule has 0 aromatic heterocycles. The minimum absolute atomic E-state index is 0.210. The van der Waals surface area contributed by atoms with Gasteiger partial charge in [-0.05, 0) is 22.1 Å². The Balaban J connectivity index is 2.38. The standard InChI is InChI=1S/C18H23NO/c1-17(2,3)18(20,13-19)16-11-9-15(10-12-16)14-7-5-4-6-8-14/h4-12,20H,13,19H2,1-3H3. The maximum atomic E-state index is 10.9. The fourth-order valence-electron chi connectivity index (χ4n) is 2.43. The predicted molar refractivity (Wildman–Crippen MR) is 84.3 cm³/mol. The van der Waals surface area contributed by atoms with Gasteiger partial charge < -0.3 is 10.8 Å². The molecule has 0 fully saturated rings. The molecule has 0 saturated heterocycles. The molecule has 0 radical (unpaired) electrons.